The van der Waals surface area contributed by atoms with Crippen LogP contribution in [0.4, 0.5) is 0 Å². The predicted octanol–water partition coefficient (Wildman–Crippen LogP) is 1.22. The number of aromatic nitrogens is 1. The second-order valence-electron chi connectivity index (χ2n) is 8.89. The molecule has 1 saturated carbocycles. The van der Waals surface area contributed by atoms with Crippen molar-refractivity contribution >= 4 is 22.6 Å². The van der Waals surface area contributed by atoms with E-state index in [1.807, 2.05) is 27.7 Å². The molecule has 1 aromatic rings. The summed E-state index contributed by atoms with van der Waals surface area (Å²) in [6, 6.07) is 1.50. The number of nitrogens with one attached hydrogen (secondary N) is 1. The molecule has 1 aromatic heterocycles. The monoisotopic (exact) mass is 426 g/mol. The van der Waals surface area contributed by atoms with Gasteiger partial charge in [0.05, 0.1) is 24.4 Å². The quantitative estimate of drug-likeness (QED) is 0.659. The first kappa shape index (κ1) is 22.5. The first-order valence-electron chi connectivity index (χ1n) is 10.0. The zero-order valence-corrected chi connectivity index (χ0v) is 18.6. The van der Waals surface area contributed by atoms with E-state index in [1.165, 1.54) is 19.4 Å². The van der Waals surface area contributed by atoms with Crippen molar-refractivity contribution in [3.05, 3.63) is 12.3 Å². The van der Waals surface area contributed by atoms with Gasteiger partial charge in [-0.1, -0.05) is 0 Å². The summed E-state index contributed by atoms with van der Waals surface area (Å²) in [6.07, 6.45) is 4.25. The molecule has 162 valence electrons. The Kier molecular flexibility index (Phi) is 6.32. The van der Waals surface area contributed by atoms with Crippen LogP contribution in [0.5, 0.6) is 5.88 Å². The van der Waals surface area contributed by atoms with Crippen LogP contribution >= 0.6 is 0 Å². The zero-order valence-electron chi connectivity index (χ0n) is 17.8. The van der Waals surface area contributed by atoms with Crippen molar-refractivity contribution in [1.29, 1.82) is 0 Å². The van der Waals surface area contributed by atoms with Crippen molar-refractivity contribution < 1.29 is 27.6 Å². The van der Waals surface area contributed by atoms with Crippen molar-refractivity contribution in [2.45, 2.75) is 75.6 Å². The predicted molar refractivity (Wildman–Crippen MR) is 110 cm³/mol. The Hall–Kier alpha value is -1.20. The molecule has 2 aliphatic rings. The van der Waals surface area contributed by atoms with E-state index < -0.39 is 28.3 Å². The number of sulfonamides is 1. The van der Waals surface area contributed by atoms with Crippen molar-refractivity contribution in [2.75, 3.05) is 13.7 Å². The Balaban J connectivity index is 1.80. The minimum Gasteiger partial charge on any atom is -0.480 e. The van der Waals surface area contributed by atoms with Gasteiger partial charge in [0.15, 0.2) is 0 Å². The van der Waals surface area contributed by atoms with Crippen LogP contribution in [0.25, 0.3) is 0 Å². The second kappa shape index (κ2) is 8.15. The van der Waals surface area contributed by atoms with Gasteiger partial charge in [0.2, 0.25) is 15.9 Å². The summed E-state index contributed by atoms with van der Waals surface area (Å²) < 4.78 is 45.9. The SMILES string of the molecule is COc1ncc(B2OC(C)(C)C(C)(C)O2)cc1S(=O)(=O)NC[C@H]1CC[C@H](O)CC1. The highest BCUT2D eigenvalue weighted by atomic mass is 32.2. The molecule has 1 aliphatic carbocycles. The van der Waals surface area contributed by atoms with E-state index in [-0.39, 0.29) is 22.8 Å². The highest BCUT2D eigenvalue weighted by Crippen LogP contribution is 2.36. The maximum absolute atomic E-state index is 13.0. The molecule has 1 saturated heterocycles. The Bertz CT molecular complexity index is 821. The lowest BCUT2D eigenvalue weighted by molar-refractivity contribution is 0.00578. The molecule has 3 rings (SSSR count). The average Bonchev–Trinajstić information content (AvgIpc) is 2.88. The number of aliphatic hydroxyl groups is 1. The molecule has 10 heteroatoms. The van der Waals surface area contributed by atoms with Crippen molar-refractivity contribution in [3.8, 4) is 5.88 Å². The molecule has 0 unspecified atom stereocenters. The Labute approximate surface area is 173 Å². The molecule has 0 amide bonds. The van der Waals surface area contributed by atoms with Crippen LogP contribution < -0.4 is 14.9 Å². The Morgan fingerprint density at radius 1 is 1.21 bits per heavy atom. The molecule has 0 aromatic carbocycles. The molecule has 1 aliphatic heterocycles. The molecule has 0 spiro atoms. The van der Waals surface area contributed by atoms with Gasteiger partial charge in [0.1, 0.15) is 4.90 Å². The van der Waals surface area contributed by atoms with Gasteiger partial charge >= 0.3 is 7.12 Å². The highest BCUT2D eigenvalue weighted by molar-refractivity contribution is 7.89. The van der Waals surface area contributed by atoms with E-state index in [9.17, 15) is 13.5 Å². The van der Waals surface area contributed by atoms with Gasteiger partial charge in [-0.2, -0.15) is 0 Å². The van der Waals surface area contributed by atoms with Crippen LogP contribution in [-0.4, -0.2) is 56.6 Å². The zero-order chi connectivity index (χ0) is 21.4. The molecule has 2 fully saturated rings. The molecule has 0 atom stereocenters. The van der Waals surface area contributed by atoms with Crippen molar-refractivity contribution in [3.63, 3.8) is 0 Å². The first-order valence-corrected chi connectivity index (χ1v) is 11.5. The minimum atomic E-state index is -3.84. The van der Waals surface area contributed by atoms with Crippen LogP contribution in [0.2, 0.25) is 0 Å². The number of nitrogens with zero attached hydrogens (tertiary/aromatic N) is 1. The van der Waals surface area contributed by atoms with Gasteiger partial charge in [-0.05, 0) is 65.4 Å². The molecule has 0 bridgehead atoms. The molecule has 8 nitrogen and oxygen atoms in total. The summed E-state index contributed by atoms with van der Waals surface area (Å²) in [4.78, 5) is 4.13. The normalized spacial score (nSPS) is 26.5. The fraction of sp³-hybridized carbons (Fsp3) is 0.737. The smallest absolute Gasteiger partial charge is 0.480 e. The summed E-state index contributed by atoms with van der Waals surface area (Å²) >= 11 is 0. The van der Waals surface area contributed by atoms with Gasteiger partial charge in [0.25, 0.3) is 0 Å². The third kappa shape index (κ3) is 4.77. The van der Waals surface area contributed by atoms with E-state index in [4.69, 9.17) is 14.0 Å². The van der Waals surface area contributed by atoms with Gasteiger partial charge in [0, 0.05) is 18.2 Å². The number of hydrogen-bond donors (Lipinski definition) is 2. The van der Waals surface area contributed by atoms with E-state index in [0.717, 1.165) is 12.8 Å². The summed E-state index contributed by atoms with van der Waals surface area (Å²) in [5.41, 5.74) is -0.563. The molecule has 2 N–H and O–H groups in total. The number of ether oxygens (including phenoxy) is 1. The summed E-state index contributed by atoms with van der Waals surface area (Å²) in [5, 5.41) is 9.62. The summed E-state index contributed by atoms with van der Waals surface area (Å²) in [6.45, 7) is 8.06. The topological polar surface area (TPSA) is 107 Å². The number of pyridine rings is 1. The Morgan fingerprint density at radius 2 is 1.79 bits per heavy atom. The van der Waals surface area contributed by atoms with E-state index in [0.29, 0.717) is 24.8 Å². The standard InChI is InChI=1S/C19H31BN2O6S/c1-18(2)19(3,4)28-20(27-18)14-10-16(17(26-5)21-12-14)29(24,25)22-11-13-6-8-15(23)9-7-13/h10,12-13,15,22-23H,6-9,11H2,1-5H3/t13-,15-. The van der Waals surface area contributed by atoms with Crippen LogP contribution in [-0.2, 0) is 19.3 Å². The lowest BCUT2D eigenvalue weighted by Gasteiger charge is -2.32. The second-order valence-corrected chi connectivity index (χ2v) is 10.6. The van der Waals surface area contributed by atoms with Crippen molar-refractivity contribution in [2.24, 2.45) is 5.92 Å². The van der Waals surface area contributed by atoms with E-state index in [1.54, 1.807) is 0 Å². The summed E-state index contributed by atoms with van der Waals surface area (Å²) in [5.74, 6) is 0.232. The van der Waals surface area contributed by atoms with E-state index >= 15 is 0 Å². The highest BCUT2D eigenvalue weighted by Gasteiger charge is 2.52. The molecule has 29 heavy (non-hydrogen) atoms. The van der Waals surface area contributed by atoms with E-state index in [2.05, 4.69) is 9.71 Å². The Morgan fingerprint density at radius 3 is 2.34 bits per heavy atom. The largest absolute Gasteiger partial charge is 0.496 e. The lowest BCUT2D eigenvalue weighted by atomic mass is 9.80. The lowest BCUT2D eigenvalue weighted by Crippen LogP contribution is -2.41. The van der Waals surface area contributed by atoms with Crippen molar-refractivity contribution in [1.82, 2.24) is 9.71 Å². The number of rotatable bonds is 6. The van der Waals surface area contributed by atoms with Crippen LogP contribution in [0.3, 0.4) is 0 Å². The van der Waals surface area contributed by atoms with Crippen LogP contribution in [0.1, 0.15) is 53.4 Å². The third-order valence-electron chi connectivity index (χ3n) is 6.23. The maximum Gasteiger partial charge on any atom is 0.496 e. The van der Waals surface area contributed by atoms with Crippen LogP contribution in [0.15, 0.2) is 17.2 Å². The minimum absolute atomic E-state index is 0.0248. The maximum atomic E-state index is 13.0. The first-order chi connectivity index (χ1) is 13.4. The van der Waals surface area contributed by atoms with Gasteiger partial charge in [-0.25, -0.2) is 18.1 Å². The molecular formula is C19H31BN2O6S. The van der Waals surface area contributed by atoms with Gasteiger partial charge < -0.3 is 19.2 Å². The fourth-order valence-electron chi connectivity index (χ4n) is 3.56. The van der Waals surface area contributed by atoms with Crippen LogP contribution in [0, 0.1) is 5.92 Å². The van der Waals surface area contributed by atoms with Gasteiger partial charge in [-0.15, -0.1) is 0 Å². The number of hydrogen-bond acceptors (Lipinski definition) is 7. The van der Waals surface area contributed by atoms with Gasteiger partial charge in [-0.3, -0.25) is 0 Å². The third-order valence-corrected chi connectivity index (χ3v) is 7.64. The number of aliphatic hydroxyl groups excluding tert-OH is 1. The fourth-order valence-corrected chi connectivity index (χ4v) is 4.82. The molecule has 0 radical (unpaired) electrons. The molecular weight excluding hydrogens is 395 g/mol. The summed E-state index contributed by atoms with van der Waals surface area (Å²) in [7, 11) is -3.16. The average molecular weight is 426 g/mol. The number of methoxy groups -OCH3 is 1. The molecule has 2 heterocycles.